The number of aromatic amines is 1. The molecule has 0 saturated heterocycles. The van der Waals surface area contributed by atoms with Gasteiger partial charge in [0.2, 0.25) is 5.91 Å². The quantitative estimate of drug-likeness (QED) is 0.664. The van der Waals surface area contributed by atoms with Crippen molar-refractivity contribution in [2.45, 2.75) is 26.8 Å². The molecule has 5 N–H and O–H groups in total. The number of carbonyl (C=O) groups excluding carboxylic acids is 2. The summed E-state index contributed by atoms with van der Waals surface area (Å²) in [6.07, 6.45) is 0. The van der Waals surface area contributed by atoms with E-state index in [4.69, 9.17) is 11.5 Å². The molecule has 1 heterocycles. The number of nitrogens with one attached hydrogen (secondary N) is 1. The summed E-state index contributed by atoms with van der Waals surface area (Å²) in [5, 5.41) is 6.37. The number of H-pyrrole nitrogens is 1. The number of nitrogens with zero attached hydrogens (tertiary/aromatic N) is 2. The molecule has 0 saturated carbocycles. The zero-order chi connectivity index (χ0) is 13.2. The lowest BCUT2D eigenvalue weighted by molar-refractivity contribution is -0.119. The highest BCUT2D eigenvalue weighted by atomic mass is 16.2. The van der Waals surface area contributed by atoms with Crippen molar-refractivity contribution in [3.63, 3.8) is 0 Å². The lowest BCUT2D eigenvalue weighted by atomic mass is 10.2. The predicted octanol–water partition coefficient (Wildman–Crippen LogP) is -0.364. The Morgan fingerprint density at radius 1 is 1.47 bits per heavy atom. The van der Waals surface area contributed by atoms with E-state index in [1.807, 2.05) is 0 Å². The zero-order valence-corrected chi connectivity index (χ0v) is 10.2. The molecule has 7 heteroatoms. The van der Waals surface area contributed by atoms with Gasteiger partial charge in [0, 0.05) is 11.7 Å². The van der Waals surface area contributed by atoms with Gasteiger partial charge in [-0.15, -0.1) is 0 Å². The third-order valence-electron chi connectivity index (χ3n) is 2.40. The fourth-order valence-electron chi connectivity index (χ4n) is 1.52. The molecule has 0 bridgehead atoms. The van der Waals surface area contributed by atoms with Crippen LogP contribution in [0.2, 0.25) is 0 Å². The number of aromatic nitrogens is 2. The Bertz CT molecular complexity index is 418. The molecular weight excluding hydrogens is 222 g/mol. The molecular formula is C10H17N5O2. The van der Waals surface area contributed by atoms with Gasteiger partial charge in [-0.1, -0.05) is 0 Å². The second-order valence-corrected chi connectivity index (χ2v) is 4.10. The molecule has 0 aliphatic heterocycles. The maximum atomic E-state index is 12.2. The summed E-state index contributed by atoms with van der Waals surface area (Å²) in [4.78, 5) is 24.5. The molecule has 0 radical (unpaired) electrons. The van der Waals surface area contributed by atoms with E-state index in [0.717, 1.165) is 0 Å². The van der Waals surface area contributed by atoms with E-state index in [0.29, 0.717) is 11.3 Å². The maximum Gasteiger partial charge on any atom is 0.260 e. The minimum absolute atomic E-state index is 0.127. The van der Waals surface area contributed by atoms with Crippen LogP contribution in [0.5, 0.6) is 0 Å². The first kappa shape index (κ1) is 13.0. The molecule has 17 heavy (non-hydrogen) atoms. The highest BCUT2D eigenvalue weighted by Gasteiger charge is 2.25. The Morgan fingerprint density at radius 3 is 2.41 bits per heavy atom. The van der Waals surface area contributed by atoms with Crippen LogP contribution in [-0.2, 0) is 4.79 Å². The molecule has 2 amide bonds. The molecule has 1 aromatic heterocycles. The highest BCUT2D eigenvalue weighted by molar-refractivity contribution is 6.01. The van der Waals surface area contributed by atoms with E-state index in [9.17, 15) is 9.59 Å². The second kappa shape index (κ2) is 4.86. The fourth-order valence-corrected chi connectivity index (χ4v) is 1.52. The number of carbonyl (C=O) groups is 2. The van der Waals surface area contributed by atoms with Crippen LogP contribution < -0.4 is 11.5 Å². The normalized spacial score (nSPS) is 10.6. The largest absolute Gasteiger partial charge is 0.382 e. The van der Waals surface area contributed by atoms with Crippen molar-refractivity contribution in [3.8, 4) is 0 Å². The summed E-state index contributed by atoms with van der Waals surface area (Å²) < 4.78 is 0. The lowest BCUT2D eigenvalue weighted by Gasteiger charge is -2.25. The average Bonchev–Trinajstić information content (AvgIpc) is 2.53. The Labute approximate surface area is 99.1 Å². The molecule has 94 valence electrons. The molecule has 0 atom stereocenters. The average molecular weight is 239 g/mol. The van der Waals surface area contributed by atoms with Gasteiger partial charge in [-0.2, -0.15) is 5.10 Å². The Hall–Kier alpha value is -2.05. The molecule has 0 aromatic carbocycles. The molecule has 0 aliphatic carbocycles. The van der Waals surface area contributed by atoms with Crippen molar-refractivity contribution in [1.29, 1.82) is 0 Å². The number of nitrogen functional groups attached to an aromatic ring is 1. The number of primary amides is 1. The van der Waals surface area contributed by atoms with Crippen LogP contribution in [0.1, 0.15) is 29.9 Å². The summed E-state index contributed by atoms with van der Waals surface area (Å²) in [5.41, 5.74) is 11.6. The topological polar surface area (TPSA) is 118 Å². The highest BCUT2D eigenvalue weighted by Crippen LogP contribution is 2.16. The molecule has 7 nitrogen and oxygen atoms in total. The summed E-state index contributed by atoms with van der Waals surface area (Å²) in [7, 11) is 0. The molecule has 0 aliphatic rings. The number of hydrogen-bond donors (Lipinski definition) is 3. The summed E-state index contributed by atoms with van der Waals surface area (Å²) in [5.74, 6) is -0.781. The van der Waals surface area contributed by atoms with Crippen LogP contribution in [0, 0.1) is 6.92 Å². The van der Waals surface area contributed by atoms with Crippen LogP contribution in [0.3, 0.4) is 0 Å². The number of rotatable bonds is 4. The summed E-state index contributed by atoms with van der Waals surface area (Å²) >= 11 is 0. The van der Waals surface area contributed by atoms with Gasteiger partial charge in [0.15, 0.2) is 5.82 Å². The van der Waals surface area contributed by atoms with Crippen molar-refractivity contribution in [3.05, 3.63) is 11.3 Å². The first-order chi connectivity index (χ1) is 7.84. The number of nitrogens with two attached hydrogens (primary N) is 2. The first-order valence-electron chi connectivity index (χ1n) is 5.24. The van der Waals surface area contributed by atoms with Gasteiger partial charge in [0.05, 0.1) is 6.54 Å². The summed E-state index contributed by atoms with van der Waals surface area (Å²) in [6.45, 7) is 5.15. The molecule has 0 spiro atoms. The van der Waals surface area contributed by atoms with Crippen molar-refractivity contribution in [1.82, 2.24) is 15.1 Å². The number of amides is 2. The molecule has 0 unspecified atom stereocenters. The van der Waals surface area contributed by atoms with Crippen molar-refractivity contribution < 1.29 is 9.59 Å². The van der Waals surface area contributed by atoms with Crippen LogP contribution in [-0.4, -0.2) is 39.5 Å². The van der Waals surface area contributed by atoms with Gasteiger partial charge in [0.25, 0.3) is 5.91 Å². The van der Waals surface area contributed by atoms with Crippen molar-refractivity contribution in [2.75, 3.05) is 12.3 Å². The van der Waals surface area contributed by atoms with Crippen molar-refractivity contribution in [2.24, 2.45) is 5.73 Å². The van der Waals surface area contributed by atoms with E-state index in [-0.39, 0.29) is 24.3 Å². The van der Waals surface area contributed by atoms with Gasteiger partial charge in [-0.25, -0.2) is 0 Å². The molecule has 1 aromatic rings. The minimum atomic E-state index is -0.563. The van der Waals surface area contributed by atoms with Crippen LogP contribution in [0.15, 0.2) is 0 Å². The van der Waals surface area contributed by atoms with Crippen LogP contribution in [0.25, 0.3) is 0 Å². The Balaban J connectivity index is 3.04. The smallest absolute Gasteiger partial charge is 0.260 e. The number of hydrogen-bond acceptors (Lipinski definition) is 4. The molecule has 1 rings (SSSR count). The lowest BCUT2D eigenvalue weighted by Crippen LogP contribution is -2.43. The Morgan fingerprint density at radius 2 is 2.06 bits per heavy atom. The summed E-state index contributed by atoms with van der Waals surface area (Å²) in [6, 6.07) is -0.149. The number of anilines is 1. The van der Waals surface area contributed by atoms with E-state index in [1.165, 1.54) is 4.90 Å². The van der Waals surface area contributed by atoms with E-state index >= 15 is 0 Å². The first-order valence-corrected chi connectivity index (χ1v) is 5.24. The molecule has 0 fully saturated rings. The van der Waals surface area contributed by atoms with Gasteiger partial charge in [0.1, 0.15) is 5.56 Å². The number of aryl methyl sites for hydroxylation is 1. The van der Waals surface area contributed by atoms with Gasteiger partial charge in [-0.3, -0.25) is 14.7 Å². The minimum Gasteiger partial charge on any atom is -0.382 e. The van der Waals surface area contributed by atoms with Crippen LogP contribution >= 0.6 is 0 Å². The van der Waals surface area contributed by atoms with Gasteiger partial charge < -0.3 is 16.4 Å². The van der Waals surface area contributed by atoms with Gasteiger partial charge in [-0.05, 0) is 20.8 Å². The third-order valence-corrected chi connectivity index (χ3v) is 2.40. The predicted molar refractivity (Wildman–Crippen MR) is 63.1 cm³/mol. The van der Waals surface area contributed by atoms with E-state index in [1.54, 1.807) is 20.8 Å². The van der Waals surface area contributed by atoms with Crippen LogP contribution in [0.4, 0.5) is 5.82 Å². The van der Waals surface area contributed by atoms with Gasteiger partial charge >= 0.3 is 0 Å². The maximum absolute atomic E-state index is 12.2. The third kappa shape index (κ3) is 2.74. The monoisotopic (exact) mass is 239 g/mol. The second-order valence-electron chi connectivity index (χ2n) is 4.10. The SMILES string of the molecule is Cc1[nH]nc(N)c1C(=O)N(CC(N)=O)C(C)C. The van der Waals surface area contributed by atoms with E-state index < -0.39 is 5.91 Å². The van der Waals surface area contributed by atoms with Crippen molar-refractivity contribution >= 4 is 17.6 Å². The fraction of sp³-hybridized carbons (Fsp3) is 0.500. The standard InChI is InChI=1S/C10H17N5O2/c1-5(2)15(4-7(11)16)10(17)8-6(3)13-14-9(8)12/h5H,4H2,1-3H3,(H2,11,16)(H3,12,13,14). The Kier molecular flexibility index (Phi) is 3.72. The van der Waals surface area contributed by atoms with E-state index in [2.05, 4.69) is 10.2 Å². The zero-order valence-electron chi connectivity index (χ0n) is 10.2.